The largest absolute Gasteiger partial charge is 0.337 e. The van der Waals surface area contributed by atoms with Crippen molar-refractivity contribution in [2.45, 2.75) is 50.1 Å². The Morgan fingerprint density at radius 2 is 2.07 bits per heavy atom. The van der Waals surface area contributed by atoms with Crippen molar-refractivity contribution >= 4 is 29.2 Å². The monoisotopic (exact) mass is 423 g/mol. The van der Waals surface area contributed by atoms with Gasteiger partial charge < -0.3 is 10.2 Å². The van der Waals surface area contributed by atoms with Crippen LogP contribution < -0.4 is 5.32 Å². The number of fused-ring (bicyclic) bond motifs is 3. The Hall–Kier alpha value is -2.67. The quantitative estimate of drug-likeness (QED) is 0.770. The third-order valence-electron chi connectivity index (χ3n) is 6.83. The average Bonchev–Trinajstić information content (AvgIpc) is 3.33. The Morgan fingerprint density at radius 3 is 2.93 bits per heavy atom. The second-order valence-corrected chi connectivity index (χ2v) is 9.45. The third-order valence-corrected chi connectivity index (χ3v) is 7.81. The van der Waals surface area contributed by atoms with Gasteiger partial charge in [0.15, 0.2) is 0 Å². The molecule has 5 rings (SSSR count). The molecule has 1 saturated heterocycles. The first kappa shape index (κ1) is 19.3. The molecular weight excluding hydrogens is 398 g/mol. The maximum absolute atomic E-state index is 13.4. The zero-order chi connectivity index (χ0) is 20.9. The highest BCUT2D eigenvalue weighted by molar-refractivity contribution is 7.10. The number of thiophene rings is 1. The molecule has 2 aromatic rings. The van der Waals surface area contributed by atoms with E-state index in [0.29, 0.717) is 6.42 Å². The zero-order valence-electron chi connectivity index (χ0n) is 17.0. The number of hydrogen-bond donors (Lipinski definition) is 1. The van der Waals surface area contributed by atoms with Gasteiger partial charge in [-0.3, -0.25) is 14.5 Å². The number of carbonyl (C=O) groups is 3. The van der Waals surface area contributed by atoms with Crippen LogP contribution in [0.1, 0.15) is 53.3 Å². The summed E-state index contributed by atoms with van der Waals surface area (Å²) >= 11 is 1.62. The van der Waals surface area contributed by atoms with Gasteiger partial charge in [0, 0.05) is 17.5 Å². The van der Waals surface area contributed by atoms with Crippen molar-refractivity contribution in [1.82, 2.24) is 15.1 Å². The molecular formula is C23H25N3O3S. The highest BCUT2D eigenvalue weighted by Crippen LogP contribution is 2.42. The van der Waals surface area contributed by atoms with Crippen molar-refractivity contribution in [3.63, 3.8) is 0 Å². The minimum atomic E-state index is -0.999. The molecule has 1 aromatic carbocycles. The number of benzene rings is 1. The first-order valence-electron chi connectivity index (χ1n) is 10.6. The highest BCUT2D eigenvalue weighted by Gasteiger charge is 2.54. The van der Waals surface area contributed by atoms with Crippen LogP contribution in [-0.4, -0.2) is 41.2 Å². The second-order valence-electron chi connectivity index (χ2n) is 8.45. The lowest BCUT2D eigenvalue weighted by molar-refractivity contribution is -0.140. The molecule has 0 bridgehead atoms. The van der Waals surface area contributed by atoms with Crippen molar-refractivity contribution in [3.05, 3.63) is 57.3 Å². The van der Waals surface area contributed by atoms with E-state index in [9.17, 15) is 14.4 Å². The molecule has 2 aliphatic carbocycles. The Bertz CT molecular complexity index is 1030. The number of amides is 4. The molecule has 1 N–H and O–H groups in total. The van der Waals surface area contributed by atoms with E-state index in [1.807, 2.05) is 23.6 Å². The van der Waals surface area contributed by atoms with E-state index in [4.69, 9.17) is 0 Å². The highest BCUT2D eigenvalue weighted by atomic mass is 32.1. The number of carbonyl (C=O) groups excluding carboxylic acids is 3. The van der Waals surface area contributed by atoms with Crippen molar-refractivity contribution in [3.8, 4) is 0 Å². The van der Waals surface area contributed by atoms with E-state index >= 15 is 0 Å². The average molecular weight is 424 g/mol. The van der Waals surface area contributed by atoms with Crippen LogP contribution in [0.4, 0.5) is 4.79 Å². The summed E-state index contributed by atoms with van der Waals surface area (Å²) in [5.74, 6) is -0.503. The lowest BCUT2D eigenvalue weighted by Crippen LogP contribution is -2.47. The third kappa shape index (κ3) is 2.87. The SMILES string of the molecule is CN(C(=O)CN1C(=O)N[C@]2(CCCc3sccc32)C1=O)[C@@H]1CCCc2ccccc21. The number of aryl methyl sites for hydroxylation is 2. The number of nitrogens with zero attached hydrogens (tertiary/aromatic N) is 2. The Kier molecular flexibility index (Phi) is 4.65. The fourth-order valence-corrected chi connectivity index (χ4v) is 6.24. The smallest absolute Gasteiger partial charge is 0.325 e. The van der Waals surface area contributed by atoms with Crippen LogP contribution in [0.25, 0.3) is 0 Å². The molecule has 3 aliphatic rings. The van der Waals surface area contributed by atoms with Crippen LogP contribution in [0.3, 0.4) is 0 Å². The molecule has 1 aromatic heterocycles. The van der Waals surface area contributed by atoms with Gasteiger partial charge in [0.2, 0.25) is 5.91 Å². The van der Waals surface area contributed by atoms with Gasteiger partial charge >= 0.3 is 6.03 Å². The van der Waals surface area contributed by atoms with E-state index in [1.54, 1.807) is 23.3 Å². The molecule has 0 radical (unpaired) electrons. The van der Waals surface area contributed by atoms with E-state index in [0.717, 1.165) is 47.4 Å². The Balaban J connectivity index is 1.36. The maximum atomic E-state index is 13.4. The number of rotatable bonds is 3. The number of imide groups is 1. The van der Waals surface area contributed by atoms with Gasteiger partial charge in [-0.15, -0.1) is 11.3 Å². The zero-order valence-corrected chi connectivity index (χ0v) is 17.8. The van der Waals surface area contributed by atoms with Gasteiger partial charge in [-0.05, 0) is 61.1 Å². The van der Waals surface area contributed by atoms with E-state index in [-0.39, 0.29) is 24.4 Å². The summed E-state index contributed by atoms with van der Waals surface area (Å²) in [5, 5.41) is 4.90. The van der Waals surface area contributed by atoms with E-state index < -0.39 is 11.6 Å². The van der Waals surface area contributed by atoms with Crippen LogP contribution in [-0.2, 0) is 28.0 Å². The molecule has 6 nitrogen and oxygen atoms in total. The van der Waals surface area contributed by atoms with Crippen molar-refractivity contribution in [2.75, 3.05) is 13.6 Å². The molecule has 30 heavy (non-hydrogen) atoms. The van der Waals surface area contributed by atoms with Crippen molar-refractivity contribution < 1.29 is 14.4 Å². The minimum absolute atomic E-state index is 0.0182. The number of likely N-dealkylation sites (N-methyl/N-ethyl adjacent to an activating group) is 1. The van der Waals surface area contributed by atoms with Crippen LogP contribution >= 0.6 is 11.3 Å². The number of urea groups is 1. The summed E-state index contributed by atoms with van der Waals surface area (Å²) in [7, 11) is 1.78. The van der Waals surface area contributed by atoms with Crippen LogP contribution in [0.2, 0.25) is 0 Å². The maximum Gasteiger partial charge on any atom is 0.325 e. The van der Waals surface area contributed by atoms with Crippen LogP contribution in [0.5, 0.6) is 0 Å². The van der Waals surface area contributed by atoms with E-state index in [1.165, 1.54) is 11.1 Å². The predicted molar refractivity (Wildman–Crippen MR) is 114 cm³/mol. The number of hydrogen-bond acceptors (Lipinski definition) is 4. The second kappa shape index (κ2) is 7.23. The standard InChI is InChI=1S/C23H25N3O3S/c1-25(18-9-4-7-15-6-2-3-8-16(15)18)20(27)14-26-21(28)23(24-22(26)29)12-5-10-19-17(23)11-13-30-19/h2-3,6,8,11,13,18H,4-5,7,9-10,12,14H2,1H3,(H,24,29)/t18-,23+/m1/s1. The fraction of sp³-hybridized carbons (Fsp3) is 0.435. The summed E-state index contributed by atoms with van der Waals surface area (Å²) in [6.45, 7) is -0.221. The van der Waals surface area contributed by atoms with Gasteiger partial charge in [0.1, 0.15) is 12.1 Å². The molecule has 4 amide bonds. The normalized spacial score (nSPS) is 25.1. The molecule has 0 unspecified atom stereocenters. The molecule has 2 atom stereocenters. The summed E-state index contributed by atoms with van der Waals surface area (Å²) in [6.07, 6.45) is 5.29. The Morgan fingerprint density at radius 1 is 1.23 bits per heavy atom. The summed E-state index contributed by atoms with van der Waals surface area (Å²) in [4.78, 5) is 43.2. The summed E-state index contributed by atoms with van der Waals surface area (Å²) in [6, 6.07) is 9.67. The van der Waals surface area contributed by atoms with Crippen LogP contribution in [0.15, 0.2) is 35.7 Å². The van der Waals surface area contributed by atoms with Gasteiger partial charge in [-0.1, -0.05) is 24.3 Å². The molecule has 156 valence electrons. The first-order chi connectivity index (χ1) is 14.5. The molecule has 7 heteroatoms. The first-order valence-corrected chi connectivity index (χ1v) is 11.4. The van der Waals surface area contributed by atoms with Crippen LogP contribution in [0, 0.1) is 0 Å². The summed E-state index contributed by atoms with van der Waals surface area (Å²) < 4.78 is 0. The Labute approximate surface area is 179 Å². The fourth-order valence-electron chi connectivity index (χ4n) is 5.24. The van der Waals surface area contributed by atoms with Gasteiger partial charge in [-0.2, -0.15) is 0 Å². The predicted octanol–water partition coefficient (Wildman–Crippen LogP) is 3.37. The molecule has 0 saturated carbocycles. The lowest BCUT2D eigenvalue weighted by Gasteiger charge is -2.34. The topological polar surface area (TPSA) is 69.7 Å². The van der Waals surface area contributed by atoms with Gasteiger partial charge in [0.05, 0.1) is 6.04 Å². The van der Waals surface area contributed by atoms with Crippen molar-refractivity contribution in [2.24, 2.45) is 0 Å². The number of nitrogens with one attached hydrogen (secondary N) is 1. The molecule has 1 fully saturated rings. The van der Waals surface area contributed by atoms with Crippen molar-refractivity contribution in [1.29, 1.82) is 0 Å². The molecule has 1 spiro atoms. The lowest BCUT2D eigenvalue weighted by atomic mass is 9.80. The molecule has 2 heterocycles. The van der Waals surface area contributed by atoms with E-state index in [2.05, 4.69) is 17.4 Å². The summed E-state index contributed by atoms with van der Waals surface area (Å²) in [5.41, 5.74) is 2.35. The minimum Gasteiger partial charge on any atom is -0.337 e. The van der Waals surface area contributed by atoms with Gasteiger partial charge in [-0.25, -0.2) is 4.79 Å². The molecule has 1 aliphatic heterocycles. The van der Waals surface area contributed by atoms with Gasteiger partial charge in [0.25, 0.3) is 5.91 Å².